The van der Waals surface area contributed by atoms with Crippen molar-refractivity contribution in [3.63, 3.8) is 0 Å². The monoisotopic (exact) mass is 270 g/mol. The molecule has 2 unspecified atom stereocenters. The number of rotatable bonds is 0. The summed E-state index contributed by atoms with van der Waals surface area (Å²) < 4.78 is 0. The molecule has 20 heavy (non-hydrogen) atoms. The van der Waals surface area contributed by atoms with Gasteiger partial charge in [0.05, 0.1) is 5.54 Å². The Labute approximate surface area is 119 Å². The molecule has 0 fully saturated rings. The first kappa shape index (κ1) is 13.4. The number of allylic oxidation sites excluding steroid dienone is 2. The first-order chi connectivity index (χ1) is 9.30. The van der Waals surface area contributed by atoms with E-state index < -0.39 is 5.54 Å². The smallest absolute Gasteiger partial charge is 0.248 e. The Morgan fingerprint density at radius 2 is 2.10 bits per heavy atom. The third-order valence-electron chi connectivity index (χ3n) is 4.99. The van der Waals surface area contributed by atoms with E-state index in [1.807, 2.05) is 6.07 Å². The largest absolute Gasteiger partial charge is 0.325 e. The molecular weight excluding hydrogens is 248 g/mol. The molecule has 0 radical (unpaired) electrons. The van der Waals surface area contributed by atoms with E-state index in [-0.39, 0.29) is 16.9 Å². The van der Waals surface area contributed by atoms with Gasteiger partial charge in [0.15, 0.2) is 0 Å². The van der Waals surface area contributed by atoms with Crippen LogP contribution in [0.1, 0.15) is 45.4 Å². The maximum absolute atomic E-state index is 11.7. The molecule has 1 aromatic heterocycles. The number of nitrogens with one attached hydrogen (secondary N) is 1. The zero-order valence-corrected chi connectivity index (χ0v) is 12.6. The van der Waals surface area contributed by atoms with E-state index in [1.54, 1.807) is 6.07 Å². The molecule has 0 saturated heterocycles. The Bertz CT molecular complexity index is 693. The second-order valence-electron chi connectivity index (χ2n) is 6.72. The molecule has 2 atom stereocenters. The highest BCUT2D eigenvalue weighted by Crippen LogP contribution is 2.54. The van der Waals surface area contributed by atoms with E-state index in [9.17, 15) is 4.79 Å². The normalized spacial score (nSPS) is 32.8. The quantitative estimate of drug-likeness (QED) is 0.712. The Kier molecular flexibility index (Phi) is 2.64. The van der Waals surface area contributed by atoms with E-state index in [2.05, 4.69) is 44.8 Å². The van der Waals surface area contributed by atoms with Gasteiger partial charge in [-0.3, -0.25) is 4.79 Å². The van der Waals surface area contributed by atoms with Crippen LogP contribution in [0.5, 0.6) is 0 Å². The molecule has 106 valence electrons. The van der Waals surface area contributed by atoms with Gasteiger partial charge in [0, 0.05) is 23.1 Å². The molecule has 1 aromatic rings. The molecule has 2 aliphatic carbocycles. The lowest BCUT2D eigenvalue weighted by Gasteiger charge is -2.52. The van der Waals surface area contributed by atoms with Crippen molar-refractivity contribution < 1.29 is 0 Å². The Balaban J connectivity index is 2.41. The summed E-state index contributed by atoms with van der Waals surface area (Å²) in [4.78, 5) is 14.8. The molecular formula is C17H22N2O. The molecule has 2 bridgehead atoms. The highest BCUT2D eigenvalue weighted by Gasteiger charge is 2.51. The Morgan fingerprint density at radius 3 is 2.75 bits per heavy atom. The van der Waals surface area contributed by atoms with Gasteiger partial charge in [0.1, 0.15) is 0 Å². The number of pyridine rings is 1. The second-order valence-corrected chi connectivity index (χ2v) is 6.72. The number of aromatic nitrogens is 1. The van der Waals surface area contributed by atoms with Gasteiger partial charge in [-0.15, -0.1) is 0 Å². The standard InChI is InChI=1S/C17H22N2O/c1-5-11-13-8-10(2)9-17(11,18)12-6-7-14(20)19-15(12)16(13,3)4/h5-8,13H,9,18H2,1-4H3,(H,19,20)/b11-5+. The van der Waals surface area contributed by atoms with Crippen molar-refractivity contribution in [3.8, 4) is 0 Å². The molecule has 0 aliphatic heterocycles. The van der Waals surface area contributed by atoms with E-state index in [1.165, 1.54) is 11.1 Å². The van der Waals surface area contributed by atoms with Gasteiger partial charge in [-0.1, -0.05) is 31.6 Å². The van der Waals surface area contributed by atoms with Crippen LogP contribution in [-0.2, 0) is 11.0 Å². The topological polar surface area (TPSA) is 58.9 Å². The van der Waals surface area contributed by atoms with Crippen LogP contribution in [0.25, 0.3) is 0 Å². The number of H-pyrrole nitrogens is 1. The lowest BCUT2D eigenvalue weighted by atomic mass is 9.55. The number of hydrogen-bond donors (Lipinski definition) is 2. The fourth-order valence-corrected chi connectivity index (χ4v) is 4.05. The number of hydrogen-bond acceptors (Lipinski definition) is 2. The van der Waals surface area contributed by atoms with Crippen LogP contribution in [0.4, 0.5) is 0 Å². The molecule has 3 rings (SSSR count). The van der Waals surface area contributed by atoms with Crippen molar-refractivity contribution >= 4 is 0 Å². The minimum absolute atomic E-state index is 0.0527. The molecule has 0 saturated carbocycles. The van der Waals surface area contributed by atoms with Gasteiger partial charge in [-0.25, -0.2) is 0 Å². The van der Waals surface area contributed by atoms with E-state index in [0.717, 1.165) is 17.7 Å². The van der Waals surface area contributed by atoms with Gasteiger partial charge in [0.25, 0.3) is 0 Å². The zero-order valence-electron chi connectivity index (χ0n) is 12.6. The van der Waals surface area contributed by atoms with Gasteiger partial charge < -0.3 is 10.7 Å². The molecule has 3 nitrogen and oxygen atoms in total. The van der Waals surface area contributed by atoms with Crippen molar-refractivity contribution in [1.29, 1.82) is 0 Å². The van der Waals surface area contributed by atoms with Crippen LogP contribution in [0.15, 0.2) is 40.2 Å². The minimum atomic E-state index is -0.479. The summed E-state index contributed by atoms with van der Waals surface area (Å²) in [6.07, 6.45) is 5.29. The summed E-state index contributed by atoms with van der Waals surface area (Å²) in [6.45, 7) is 8.58. The lowest BCUT2D eigenvalue weighted by Crippen LogP contribution is -2.54. The fraction of sp³-hybridized carbons (Fsp3) is 0.471. The number of nitrogens with two attached hydrogens (primary N) is 1. The summed E-state index contributed by atoms with van der Waals surface area (Å²) in [5.74, 6) is 0.247. The second kappa shape index (κ2) is 3.95. The number of fused-ring (bicyclic) bond motifs is 4. The summed E-state index contributed by atoms with van der Waals surface area (Å²) >= 11 is 0. The first-order valence-electron chi connectivity index (χ1n) is 7.18. The number of aromatic amines is 1. The molecule has 1 heterocycles. The van der Waals surface area contributed by atoms with Crippen LogP contribution in [0.3, 0.4) is 0 Å². The molecule has 3 N–H and O–H groups in total. The van der Waals surface area contributed by atoms with Crippen LogP contribution >= 0.6 is 0 Å². The average Bonchev–Trinajstić information content (AvgIpc) is 2.36. The Morgan fingerprint density at radius 1 is 1.40 bits per heavy atom. The van der Waals surface area contributed by atoms with Crippen LogP contribution in [0.2, 0.25) is 0 Å². The summed E-state index contributed by atoms with van der Waals surface area (Å²) in [5.41, 5.74) is 10.8. The molecule has 0 amide bonds. The predicted molar refractivity (Wildman–Crippen MR) is 81.6 cm³/mol. The maximum atomic E-state index is 11.7. The van der Waals surface area contributed by atoms with Gasteiger partial charge in [-0.05, 0) is 37.5 Å². The third kappa shape index (κ3) is 1.53. The molecule has 0 aromatic carbocycles. The molecule has 3 heteroatoms. The molecule has 2 aliphatic rings. The summed E-state index contributed by atoms with van der Waals surface area (Å²) in [5, 5.41) is 0. The van der Waals surface area contributed by atoms with Crippen molar-refractivity contribution in [1.82, 2.24) is 4.98 Å². The van der Waals surface area contributed by atoms with Crippen LogP contribution in [-0.4, -0.2) is 4.98 Å². The lowest BCUT2D eigenvalue weighted by molar-refractivity contribution is 0.298. The van der Waals surface area contributed by atoms with Crippen molar-refractivity contribution in [2.75, 3.05) is 0 Å². The molecule has 0 spiro atoms. The SMILES string of the molecule is C/C=C1\C2C=C(C)CC1(N)c1ccc(=O)[nH]c1C2(C)C. The van der Waals surface area contributed by atoms with Gasteiger partial charge in [0.2, 0.25) is 5.56 Å². The van der Waals surface area contributed by atoms with E-state index in [0.29, 0.717) is 0 Å². The summed E-state index contributed by atoms with van der Waals surface area (Å²) in [7, 11) is 0. The average molecular weight is 270 g/mol. The van der Waals surface area contributed by atoms with Crippen molar-refractivity contribution in [3.05, 3.63) is 57.0 Å². The van der Waals surface area contributed by atoms with Crippen LogP contribution in [0, 0.1) is 5.92 Å². The first-order valence-corrected chi connectivity index (χ1v) is 7.18. The summed E-state index contributed by atoms with van der Waals surface area (Å²) in [6, 6.07) is 3.50. The third-order valence-corrected chi connectivity index (χ3v) is 4.99. The van der Waals surface area contributed by atoms with E-state index >= 15 is 0 Å². The zero-order chi connectivity index (χ0) is 14.7. The van der Waals surface area contributed by atoms with Crippen LogP contribution < -0.4 is 11.3 Å². The van der Waals surface area contributed by atoms with E-state index in [4.69, 9.17) is 5.73 Å². The predicted octanol–water partition coefficient (Wildman–Crippen LogP) is 2.73. The highest BCUT2D eigenvalue weighted by atomic mass is 16.1. The fourth-order valence-electron chi connectivity index (χ4n) is 4.05. The van der Waals surface area contributed by atoms with Gasteiger partial charge in [-0.2, -0.15) is 0 Å². The Hall–Kier alpha value is -1.61. The van der Waals surface area contributed by atoms with Gasteiger partial charge >= 0.3 is 0 Å². The highest BCUT2D eigenvalue weighted by molar-refractivity contribution is 5.53. The van der Waals surface area contributed by atoms with Crippen molar-refractivity contribution in [2.24, 2.45) is 11.7 Å². The minimum Gasteiger partial charge on any atom is -0.325 e. The maximum Gasteiger partial charge on any atom is 0.248 e. The van der Waals surface area contributed by atoms with Crippen molar-refractivity contribution in [2.45, 2.75) is 45.1 Å².